The molecule has 38 heavy (non-hydrogen) atoms. The first-order valence-electron chi connectivity index (χ1n) is 11.5. The first kappa shape index (κ1) is 24.1. The van der Waals surface area contributed by atoms with Crippen molar-refractivity contribution in [2.75, 3.05) is 5.43 Å². The monoisotopic (exact) mass is 504 g/mol. The molecule has 0 unspecified atom stereocenters. The molecule has 10 nitrogen and oxygen atoms in total. The molecule has 0 saturated heterocycles. The number of pyridine rings is 1. The van der Waals surface area contributed by atoms with Crippen LogP contribution in [0.2, 0.25) is 0 Å². The normalized spacial score (nSPS) is 11.2. The van der Waals surface area contributed by atoms with Crippen LogP contribution in [-0.4, -0.2) is 36.5 Å². The maximum absolute atomic E-state index is 12.6. The van der Waals surface area contributed by atoms with Crippen molar-refractivity contribution in [3.05, 3.63) is 136 Å². The van der Waals surface area contributed by atoms with Crippen LogP contribution in [0.5, 0.6) is 0 Å². The number of carboxylic acids is 1. The average Bonchev–Trinajstić information content (AvgIpc) is 3.36. The Hall–Kier alpha value is -5.64. The molecule has 0 amide bonds. The van der Waals surface area contributed by atoms with Gasteiger partial charge in [0.1, 0.15) is 11.5 Å². The van der Waals surface area contributed by atoms with E-state index in [0.717, 1.165) is 0 Å². The Morgan fingerprint density at radius 2 is 1.55 bits per heavy atom. The second kappa shape index (κ2) is 10.5. The third-order valence-electron chi connectivity index (χ3n) is 5.67. The lowest BCUT2D eigenvalue weighted by molar-refractivity contribution is -0.384. The molecule has 5 rings (SSSR count). The molecule has 10 heteroatoms. The maximum atomic E-state index is 12.6. The van der Waals surface area contributed by atoms with Crippen molar-refractivity contribution < 1.29 is 14.8 Å². The lowest BCUT2D eigenvalue weighted by Crippen LogP contribution is -2.13. The zero-order valence-corrected chi connectivity index (χ0v) is 19.8. The van der Waals surface area contributed by atoms with E-state index in [-0.39, 0.29) is 16.9 Å². The lowest BCUT2D eigenvalue weighted by Gasteiger charge is -2.13. The van der Waals surface area contributed by atoms with E-state index in [2.05, 4.69) is 20.6 Å². The molecule has 2 heterocycles. The van der Waals surface area contributed by atoms with Crippen molar-refractivity contribution in [1.29, 1.82) is 0 Å². The number of nitrogens with zero attached hydrogens (tertiary/aromatic N) is 5. The highest BCUT2D eigenvalue weighted by molar-refractivity contribution is 6.20. The number of hydrazone groups is 1. The summed E-state index contributed by atoms with van der Waals surface area (Å²) in [5.74, 6) is -0.777. The summed E-state index contributed by atoms with van der Waals surface area (Å²) in [5.41, 5.74) is 5.46. The Morgan fingerprint density at radius 3 is 2.16 bits per heavy atom. The molecule has 0 radical (unpaired) electrons. The largest absolute Gasteiger partial charge is 0.476 e. The average molecular weight is 505 g/mol. The van der Waals surface area contributed by atoms with Crippen molar-refractivity contribution in [3.8, 4) is 16.9 Å². The number of hydrogen-bond donors (Lipinski definition) is 2. The van der Waals surface area contributed by atoms with Crippen LogP contribution in [0.1, 0.15) is 21.6 Å². The Kier molecular flexibility index (Phi) is 6.68. The summed E-state index contributed by atoms with van der Waals surface area (Å²) in [6, 6.07) is 29.4. The molecule has 0 atom stereocenters. The van der Waals surface area contributed by atoms with E-state index >= 15 is 0 Å². The molecular weight excluding hydrogens is 484 g/mol. The van der Waals surface area contributed by atoms with Gasteiger partial charge in [0.05, 0.1) is 21.9 Å². The quantitative estimate of drug-likeness (QED) is 0.164. The van der Waals surface area contributed by atoms with E-state index in [1.807, 2.05) is 60.7 Å². The molecule has 0 saturated carbocycles. The van der Waals surface area contributed by atoms with E-state index in [4.69, 9.17) is 0 Å². The van der Waals surface area contributed by atoms with Crippen LogP contribution < -0.4 is 5.43 Å². The van der Waals surface area contributed by atoms with Crippen LogP contribution in [0.15, 0.2) is 114 Å². The molecule has 0 aliphatic rings. The van der Waals surface area contributed by atoms with Gasteiger partial charge >= 0.3 is 5.97 Å². The van der Waals surface area contributed by atoms with Gasteiger partial charge in [0.25, 0.3) is 5.69 Å². The number of aromatic nitrogens is 3. The molecule has 0 bridgehead atoms. The van der Waals surface area contributed by atoms with Crippen molar-refractivity contribution >= 4 is 23.2 Å². The summed E-state index contributed by atoms with van der Waals surface area (Å²) < 4.78 is 1.47. The van der Waals surface area contributed by atoms with E-state index < -0.39 is 10.9 Å². The SMILES string of the molecule is O=C(O)c1nn(-c2ccc([N+](=O)[O-])cc2)c(-c2ccccc2)c1C(=NNc1ccccn1)c1ccccc1. The van der Waals surface area contributed by atoms with Gasteiger partial charge in [-0.25, -0.2) is 14.5 Å². The number of benzene rings is 3. The number of hydrogen-bond acceptors (Lipinski definition) is 7. The van der Waals surface area contributed by atoms with E-state index in [1.165, 1.54) is 28.9 Å². The van der Waals surface area contributed by atoms with Crippen LogP contribution in [0.4, 0.5) is 11.5 Å². The molecule has 0 spiro atoms. The number of carboxylic acid groups (broad SMARTS) is 1. The van der Waals surface area contributed by atoms with E-state index in [1.54, 1.807) is 24.4 Å². The van der Waals surface area contributed by atoms with Crippen LogP contribution in [0.3, 0.4) is 0 Å². The number of nitro groups is 1. The smallest absolute Gasteiger partial charge is 0.357 e. The third kappa shape index (κ3) is 4.86. The summed E-state index contributed by atoms with van der Waals surface area (Å²) in [5, 5.41) is 30.5. The van der Waals surface area contributed by atoms with Gasteiger partial charge in [-0.05, 0) is 24.3 Å². The number of carbonyl (C=O) groups is 1. The number of anilines is 1. The van der Waals surface area contributed by atoms with Crippen molar-refractivity contribution in [3.63, 3.8) is 0 Å². The second-order valence-corrected chi connectivity index (χ2v) is 8.08. The van der Waals surface area contributed by atoms with Gasteiger partial charge in [-0.2, -0.15) is 10.2 Å². The van der Waals surface area contributed by atoms with E-state index in [0.29, 0.717) is 34.0 Å². The van der Waals surface area contributed by atoms with Gasteiger partial charge < -0.3 is 5.11 Å². The highest BCUT2D eigenvalue weighted by atomic mass is 16.6. The Bertz CT molecular complexity index is 1620. The first-order valence-corrected chi connectivity index (χ1v) is 11.5. The zero-order chi connectivity index (χ0) is 26.5. The van der Waals surface area contributed by atoms with Gasteiger partial charge in [-0.15, -0.1) is 0 Å². The number of nitrogens with one attached hydrogen (secondary N) is 1. The fourth-order valence-electron chi connectivity index (χ4n) is 3.96. The molecule has 0 aliphatic heterocycles. The van der Waals surface area contributed by atoms with Gasteiger partial charge in [0, 0.05) is 29.5 Å². The van der Waals surface area contributed by atoms with Crippen molar-refractivity contribution in [2.45, 2.75) is 0 Å². The second-order valence-electron chi connectivity index (χ2n) is 8.08. The lowest BCUT2D eigenvalue weighted by atomic mass is 9.96. The number of aromatic carboxylic acids is 1. The van der Waals surface area contributed by atoms with Gasteiger partial charge in [-0.1, -0.05) is 66.7 Å². The zero-order valence-electron chi connectivity index (χ0n) is 19.8. The standard InChI is InChI=1S/C28H20N6O4/c35-28(36)26-24(25(19-9-3-1-4-10-19)31-30-23-13-7-8-18-29-23)27(20-11-5-2-6-12-20)33(32-26)21-14-16-22(17-15-21)34(37)38/h1-18H,(H,29,30)(H,35,36). The molecular formula is C28H20N6O4. The minimum atomic E-state index is -1.25. The molecule has 0 fully saturated rings. The minimum Gasteiger partial charge on any atom is -0.476 e. The fourth-order valence-corrected chi connectivity index (χ4v) is 3.96. The first-order chi connectivity index (χ1) is 18.5. The summed E-state index contributed by atoms with van der Waals surface area (Å²) in [6.45, 7) is 0. The predicted molar refractivity (Wildman–Crippen MR) is 143 cm³/mol. The molecule has 2 N–H and O–H groups in total. The number of rotatable bonds is 8. The van der Waals surface area contributed by atoms with Gasteiger partial charge in [-0.3, -0.25) is 15.5 Å². The highest BCUT2D eigenvalue weighted by Gasteiger charge is 2.29. The molecule has 3 aromatic carbocycles. The Morgan fingerprint density at radius 1 is 0.895 bits per heavy atom. The van der Waals surface area contributed by atoms with Crippen LogP contribution in [0, 0.1) is 10.1 Å². The fraction of sp³-hybridized carbons (Fsp3) is 0. The summed E-state index contributed by atoms with van der Waals surface area (Å²) in [4.78, 5) is 27.5. The Labute approximate surface area is 216 Å². The van der Waals surface area contributed by atoms with Crippen LogP contribution in [-0.2, 0) is 0 Å². The van der Waals surface area contributed by atoms with Crippen LogP contribution >= 0.6 is 0 Å². The van der Waals surface area contributed by atoms with E-state index in [9.17, 15) is 20.0 Å². The third-order valence-corrected chi connectivity index (χ3v) is 5.67. The Balaban J connectivity index is 1.80. The molecule has 186 valence electrons. The topological polar surface area (TPSA) is 136 Å². The summed E-state index contributed by atoms with van der Waals surface area (Å²) in [6.07, 6.45) is 1.62. The van der Waals surface area contributed by atoms with Crippen molar-refractivity contribution in [1.82, 2.24) is 14.8 Å². The van der Waals surface area contributed by atoms with Gasteiger partial charge in [0.2, 0.25) is 0 Å². The van der Waals surface area contributed by atoms with Crippen LogP contribution in [0.25, 0.3) is 16.9 Å². The highest BCUT2D eigenvalue weighted by Crippen LogP contribution is 2.32. The molecule has 5 aromatic rings. The molecule has 2 aromatic heterocycles. The summed E-state index contributed by atoms with van der Waals surface area (Å²) in [7, 11) is 0. The maximum Gasteiger partial charge on any atom is 0.357 e. The predicted octanol–water partition coefficient (Wildman–Crippen LogP) is 5.41. The minimum absolute atomic E-state index is 0.0908. The number of nitro benzene ring substituents is 1. The van der Waals surface area contributed by atoms with Gasteiger partial charge in [0.15, 0.2) is 5.69 Å². The summed E-state index contributed by atoms with van der Waals surface area (Å²) >= 11 is 0. The van der Waals surface area contributed by atoms with Crippen molar-refractivity contribution in [2.24, 2.45) is 5.10 Å². The molecule has 0 aliphatic carbocycles. The number of non-ortho nitro benzene ring substituents is 1.